The van der Waals surface area contributed by atoms with Gasteiger partial charge in [0.15, 0.2) is 5.90 Å². The summed E-state index contributed by atoms with van der Waals surface area (Å²) in [4.78, 5) is 21.2. The number of rotatable bonds is 11. The standard InChI is InChI=1S/C29H41N5O4/c1-22-7-6-8-27(23(22)2)34-16-14-33(15-17-34)13-4-5-18-36-25-11-9-24-10-12-28(32-26(24)19-25)37-21-38-29(35)31-20-30-3/h6-9,11,19,30H,4-5,10,12-18,20-21H2,1-3H3,(H,31,35). The number of piperazine rings is 1. The highest BCUT2D eigenvalue weighted by molar-refractivity contribution is 5.82. The van der Waals surface area contributed by atoms with E-state index in [9.17, 15) is 4.79 Å². The van der Waals surface area contributed by atoms with Crippen molar-refractivity contribution in [3.63, 3.8) is 0 Å². The van der Waals surface area contributed by atoms with Gasteiger partial charge in [0, 0.05) is 44.4 Å². The van der Waals surface area contributed by atoms with Gasteiger partial charge in [-0.1, -0.05) is 18.2 Å². The maximum absolute atomic E-state index is 11.5. The molecule has 2 aliphatic heterocycles. The van der Waals surface area contributed by atoms with Gasteiger partial charge < -0.3 is 29.7 Å². The van der Waals surface area contributed by atoms with Crippen molar-refractivity contribution in [1.29, 1.82) is 0 Å². The number of hydrogen-bond donors (Lipinski definition) is 2. The first kappa shape index (κ1) is 27.7. The van der Waals surface area contributed by atoms with Gasteiger partial charge in [-0.3, -0.25) is 4.90 Å². The van der Waals surface area contributed by atoms with Crippen molar-refractivity contribution in [3.05, 3.63) is 53.1 Å². The molecule has 0 unspecified atom stereocenters. The van der Waals surface area contributed by atoms with Crippen LogP contribution in [-0.4, -0.2) is 76.7 Å². The Balaban J connectivity index is 1.14. The van der Waals surface area contributed by atoms with Gasteiger partial charge in [0.05, 0.1) is 19.0 Å². The number of carbonyl (C=O) groups is 1. The predicted octanol–water partition coefficient (Wildman–Crippen LogP) is 4.14. The number of aliphatic imine (C=N–C) groups is 1. The second-order valence-corrected chi connectivity index (χ2v) is 9.80. The Morgan fingerprint density at radius 3 is 2.68 bits per heavy atom. The van der Waals surface area contributed by atoms with Gasteiger partial charge >= 0.3 is 6.09 Å². The highest BCUT2D eigenvalue weighted by Crippen LogP contribution is 2.30. The maximum Gasteiger partial charge on any atom is 0.411 e. The van der Waals surface area contributed by atoms with Crippen LogP contribution in [0.1, 0.15) is 36.0 Å². The van der Waals surface area contributed by atoms with E-state index in [1.165, 1.54) is 16.8 Å². The van der Waals surface area contributed by atoms with Crippen molar-refractivity contribution in [2.75, 3.05) is 64.7 Å². The van der Waals surface area contributed by atoms with Gasteiger partial charge in [-0.05, 0) is 75.5 Å². The van der Waals surface area contributed by atoms with Gasteiger partial charge in [0.25, 0.3) is 0 Å². The molecule has 4 rings (SSSR count). The summed E-state index contributed by atoms with van der Waals surface area (Å²) in [7, 11) is 1.74. The number of unbranched alkanes of at least 4 members (excludes halogenated alkanes) is 1. The summed E-state index contributed by atoms with van der Waals surface area (Å²) in [5.74, 6) is 1.38. The number of benzene rings is 2. The number of ether oxygens (including phenoxy) is 3. The van der Waals surface area contributed by atoms with E-state index in [1.807, 2.05) is 12.1 Å². The fourth-order valence-electron chi connectivity index (χ4n) is 4.77. The molecule has 1 saturated heterocycles. The fraction of sp³-hybridized carbons (Fsp3) is 0.517. The zero-order chi connectivity index (χ0) is 26.7. The van der Waals surface area contributed by atoms with Crippen LogP contribution < -0.4 is 20.3 Å². The number of nitrogens with zero attached hydrogens (tertiary/aromatic N) is 3. The average molecular weight is 524 g/mol. The molecule has 9 heteroatoms. The van der Waals surface area contributed by atoms with E-state index >= 15 is 0 Å². The predicted molar refractivity (Wildman–Crippen MR) is 151 cm³/mol. The summed E-state index contributed by atoms with van der Waals surface area (Å²) in [5, 5.41) is 5.35. The first-order chi connectivity index (χ1) is 18.5. The van der Waals surface area contributed by atoms with Crippen LogP contribution in [0.5, 0.6) is 5.75 Å². The molecule has 2 aromatic rings. The minimum Gasteiger partial charge on any atom is -0.494 e. The van der Waals surface area contributed by atoms with E-state index < -0.39 is 6.09 Å². The van der Waals surface area contributed by atoms with Crippen LogP contribution in [0.15, 0.2) is 41.4 Å². The summed E-state index contributed by atoms with van der Waals surface area (Å²) < 4.78 is 16.6. The third-order valence-corrected chi connectivity index (χ3v) is 7.16. The van der Waals surface area contributed by atoms with Crippen LogP contribution in [-0.2, 0) is 15.9 Å². The van der Waals surface area contributed by atoms with Crippen LogP contribution in [0.3, 0.4) is 0 Å². The van der Waals surface area contributed by atoms with Gasteiger partial charge in [-0.25, -0.2) is 9.79 Å². The number of nitrogens with one attached hydrogen (secondary N) is 2. The van der Waals surface area contributed by atoms with E-state index in [4.69, 9.17) is 14.2 Å². The van der Waals surface area contributed by atoms with Crippen molar-refractivity contribution in [2.24, 2.45) is 4.99 Å². The topological polar surface area (TPSA) is 87.7 Å². The molecule has 0 aliphatic carbocycles. The number of anilines is 1. The quantitative estimate of drug-likeness (QED) is 0.338. The SMILES string of the molecule is CNCNC(=O)OCOC1=Nc2cc(OCCCCN3CCN(c4cccc(C)c4C)CC3)ccc2CC1. The number of fused-ring (bicyclic) bond motifs is 1. The molecule has 0 saturated carbocycles. The van der Waals surface area contributed by atoms with E-state index in [0.29, 0.717) is 25.6 Å². The van der Waals surface area contributed by atoms with Gasteiger partial charge in [-0.2, -0.15) is 0 Å². The molecule has 0 atom stereocenters. The highest BCUT2D eigenvalue weighted by Gasteiger charge is 2.19. The lowest BCUT2D eigenvalue weighted by Crippen LogP contribution is -2.46. The third-order valence-electron chi connectivity index (χ3n) is 7.16. The van der Waals surface area contributed by atoms with Gasteiger partial charge in [0.2, 0.25) is 6.79 Å². The first-order valence-electron chi connectivity index (χ1n) is 13.6. The molecule has 0 radical (unpaired) electrons. The van der Waals surface area contributed by atoms with Crippen LogP contribution in [0.4, 0.5) is 16.2 Å². The number of aryl methyl sites for hydroxylation is 2. The maximum atomic E-state index is 11.5. The van der Waals surface area contributed by atoms with E-state index in [-0.39, 0.29) is 6.79 Å². The van der Waals surface area contributed by atoms with Crippen LogP contribution in [0, 0.1) is 13.8 Å². The lowest BCUT2D eigenvalue weighted by Gasteiger charge is -2.37. The smallest absolute Gasteiger partial charge is 0.411 e. The van der Waals surface area contributed by atoms with E-state index in [0.717, 1.165) is 69.0 Å². The summed E-state index contributed by atoms with van der Waals surface area (Å²) in [5.41, 5.74) is 6.16. The second-order valence-electron chi connectivity index (χ2n) is 9.80. The molecular formula is C29H41N5O4. The largest absolute Gasteiger partial charge is 0.494 e. The van der Waals surface area contributed by atoms with Crippen LogP contribution in [0.2, 0.25) is 0 Å². The summed E-state index contributed by atoms with van der Waals surface area (Å²) in [6.07, 6.45) is 3.10. The number of hydrogen-bond acceptors (Lipinski definition) is 8. The number of alkyl carbamates (subject to hydrolysis) is 1. The zero-order valence-corrected chi connectivity index (χ0v) is 22.9. The Morgan fingerprint density at radius 1 is 1.03 bits per heavy atom. The van der Waals surface area contributed by atoms with Crippen molar-refractivity contribution in [3.8, 4) is 5.75 Å². The normalized spacial score (nSPS) is 15.4. The molecule has 9 nitrogen and oxygen atoms in total. The molecular weight excluding hydrogens is 482 g/mol. The van der Waals surface area contributed by atoms with Crippen molar-refractivity contribution in [1.82, 2.24) is 15.5 Å². The number of amides is 1. The molecule has 0 bridgehead atoms. The Hall–Kier alpha value is -3.30. The molecule has 1 amide bonds. The Morgan fingerprint density at radius 2 is 1.87 bits per heavy atom. The second kappa shape index (κ2) is 14.0. The number of carbonyl (C=O) groups excluding carboxylic acids is 1. The molecule has 0 aromatic heterocycles. The van der Waals surface area contributed by atoms with Crippen molar-refractivity contribution < 1.29 is 19.0 Å². The molecule has 2 N–H and O–H groups in total. The van der Waals surface area contributed by atoms with Crippen LogP contribution >= 0.6 is 0 Å². The minimum absolute atomic E-state index is 0.166. The molecule has 206 valence electrons. The lowest BCUT2D eigenvalue weighted by atomic mass is 10.0. The van der Waals surface area contributed by atoms with Gasteiger partial charge in [0.1, 0.15) is 5.75 Å². The third kappa shape index (κ3) is 7.85. The van der Waals surface area contributed by atoms with Crippen molar-refractivity contribution >= 4 is 23.4 Å². The summed E-state index contributed by atoms with van der Waals surface area (Å²) >= 11 is 0. The molecule has 1 fully saturated rings. The molecule has 0 spiro atoms. The first-order valence-corrected chi connectivity index (χ1v) is 13.6. The summed E-state index contributed by atoms with van der Waals surface area (Å²) in [6.45, 7) is 10.7. The molecule has 2 aliphatic rings. The Bertz CT molecular complexity index is 1100. The highest BCUT2D eigenvalue weighted by atomic mass is 16.7. The Labute approximate surface area is 226 Å². The molecule has 38 heavy (non-hydrogen) atoms. The monoisotopic (exact) mass is 523 g/mol. The van der Waals surface area contributed by atoms with E-state index in [1.54, 1.807) is 7.05 Å². The minimum atomic E-state index is -0.536. The Kier molecular flexibility index (Phi) is 10.2. The summed E-state index contributed by atoms with van der Waals surface area (Å²) in [6, 6.07) is 12.6. The fourth-order valence-corrected chi connectivity index (χ4v) is 4.77. The zero-order valence-electron chi connectivity index (χ0n) is 22.9. The lowest BCUT2D eigenvalue weighted by molar-refractivity contribution is 0.0503. The van der Waals surface area contributed by atoms with Crippen LogP contribution in [0.25, 0.3) is 0 Å². The average Bonchev–Trinajstić information content (AvgIpc) is 2.93. The molecule has 2 heterocycles. The molecule has 2 aromatic carbocycles. The van der Waals surface area contributed by atoms with Crippen molar-refractivity contribution in [2.45, 2.75) is 39.5 Å². The van der Waals surface area contributed by atoms with E-state index in [2.05, 4.69) is 63.5 Å². The van der Waals surface area contributed by atoms with Gasteiger partial charge in [-0.15, -0.1) is 0 Å².